The second-order valence-electron chi connectivity index (χ2n) is 6.32. The zero-order chi connectivity index (χ0) is 21.9. The fourth-order valence-corrected chi connectivity index (χ4v) is 3.22. The minimum absolute atomic E-state index is 0.00591. The summed E-state index contributed by atoms with van der Waals surface area (Å²) >= 11 is 1.16. The van der Waals surface area contributed by atoms with Gasteiger partial charge in [0, 0.05) is 18.2 Å². The molecule has 11 heteroatoms. The Morgan fingerprint density at radius 1 is 1.20 bits per heavy atom. The summed E-state index contributed by atoms with van der Waals surface area (Å²) in [5, 5.41) is 11.9. The van der Waals surface area contributed by atoms with E-state index in [9.17, 15) is 18.0 Å². The zero-order valence-electron chi connectivity index (χ0n) is 16.3. The van der Waals surface area contributed by atoms with Gasteiger partial charge >= 0.3 is 11.9 Å². The molecule has 0 aliphatic carbocycles. The summed E-state index contributed by atoms with van der Waals surface area (Å²) in [6, 6.07) is 10.2. The van der Waals surface area contributed by atoms with Gasteiger partial charge in [-0.3, -0.25) is 0 Å². The first-order chi connectivity index (χ1) is 14.2. The van der Waals surface area contributed by atoms with Crippen LogP contribution in [0.2, 0.25) is 0 Å². The molecule has 0 aliphatic heterocycles. The van der Waals surface area contributed by atoms with Crippen molar-refractivity contribution in [1.82, 2.24) is 19.8 Å². The minimum atomic E-state index is -4.44. The van der Waals surface area contributed by atoms with Crippen molar-refractivity contribution in [3.63, 3.8) is 0 Å². The third-order valence-electron chi connectivity index (χ3n) is 4.32. The van der Waals surface area contributed by atoms with Crippen molar-refractivity contribution < 1.29 is 18.0 Å². The van der Waals surface area contributed by atoms with Gasteiger partial charge in [-0.2, -0.15) is 22.5 Å². The summed E-state index contributed by atoms with van der Waals surface area (Å²) in [5.41, 5.74) is 1.11. The Labute approximate surface area is 174 Å². The van der Waals surface area contributed by atoms with Gasteiger partial charge in [-0.1, -0.05) is 29.4 Å². The number of hydrogen-bond donors (Lipinski definition) is 0. The monoisotopic (exact) mass is 437 g/mol. The summed E-state index contributed by atoms with van der Waals surface area (Å²) in [4.78, 5) is 17.7. The van der Waals surface area contributed by atoms with Gasteiger partial charge in [-0.05, 0) is 47.4 Å². The van der Waals surface area contributed by atoms with Crippen LogP contribution >= 0.6 is 11.8 Å². The summed E-state index contributed by atoms with van der Waals surface area (Å²) in [5.74, 6) is 0. The van der Waals surface area contributed by atoms with E-state index in [4.69, 9.17) is 4.84 Å². The largest absolute Gasteiger partial charge is 0.416 e. The Kier molecular flexibility index (Phi) is 6.30. The molecule has 0 spiro atoms. The minimum Gasteiger partial charge on any atom is -0.390 e. The van der Waals surface area contributed by atoms with Gasteiger partial charge in [0.25, 0.3) is 0 Å². The van der Waals surface area contributed by atoms with Gasteiger partial charge in [-0.25, -0.2) is 4.79 Å². The molecule has 3 aromatic rings. The fraction of sp³-hybridized carbons (Fsp3) is 0.263. The Bertz CT molecular complexity index is 1140. The number of benzene rings is 2. The van der Waals surface area contributed by atoms with Crippen molar-refractivity contribution in [2.24, 2.45) is 12.2 Å². The number of tetrazole rings is 1. The quantitative estimate of drug-likeness (QED) is 0.347. The smallest absolute Gasteiger partial charge is 0.390 e. The highest BCUT2D eigenvalue weighted by atomic mass is 32.2. The Hall–Kier alpha value is -3.08. The van der Waals surface area contributed by atoms with Crippen LogP contribution in [-0.4, -0.2) is 31.1 Å². The molecule has 2 aromatic carbocycles. The van der Waals surface area contributed by atoms with Crippen LogP contribution in [0.5, 0.6) is 0 Å². The lowest BCUT2D eigenvalue weighted by molar-refractivity contribution is -0.137. The van der Waals surface area contributed by atoms with Crippen molar-refractivity contribution >= 4 is 16.8 Å². The number of nitrogens with zero attached hydrogens (tertiary/aromatic N) is 5. The van der Waals surface area contributed by atoms with Crippen molar-refractivity contribution in [2.45, 2.75) is 19.7 Å². The molecule has 0 amide bonds. The van der Waals surface area contributed by atoms with E-state index in [1.54, 1.807) is 18.4 Å². The Balaban J connectivity index is 1.88. The van der Waals surface area contributed by atoms with E-state index in [0.717, 1.165) is 38.8 Å². The third-order valence-corrected chi connectivity index (χ3v) is 5.02. The van der Waals surface area contributed by atoms with E-state index < -0.39 is 17.4 Å². The molecule has 0 saturated carbocycles. The predicted molar refractivity (Wildman–Crippen MR) is 108 cm³/mol. The molecule has 0 atom stereocenters. The number of oxime groups is 1. The van der Waals surface area contributed by atoms with E-state index in [1.807, 2.05) is 13.0 Å². The van der Waals surface area contributed by atoms with Crippen LogP contribution in [0.4, 0.5) is 13.2 Å². The van der Waals surface area contributed by atoms with E-state index in [2.05, 4.69) is 15.6 Å². The van der Waals surface area contributed by atoms with Crippen LogP contribution in [-0.2, 0) is 24.7 Å². The Morgan fingerprint density at radius 2 is 1.93 bits per heavy atom. The van der Waals surface area contributed by atoms with E-state index in [-0.39, 0.29) is 6.61 Å². The SMILES string of the molecule is CS/C(=N/OCc1c(C)cccc1-n1nnn(C)c1=O)c1cccc(C(F)(F)F)c1. The average molecular weight is 437 g/mol. The number of alkyl halides is 3. The first-order valence-corrected chi connectivity index (χ1v) is 9.94. The lowest BCUT2D eigenvalue weighted by atomic mass is 10.1. The van der Waals surface area contributed by atoms with E-state index >= 15 is 0 Å². The molecule has 0 aliphatic rings. The summed E-state index contributed by atoms with van der Waals surface area (Å²) in [6.45, 7) is 1.84. The number of aromatic nitrogens is 4. The third kappa shape index (κ3) is 4.56. The van der Waals surface area contributed by atoms with Gasteiger partial charge in [0.05, 0.1) is 11.3 Å². The number of thioether (sulfide) groups is 1. The molecule has 1 heterocycles. The standard InChI is InChI=1S/C19H18F3N5O2S/c1-12-6-4-9-16(27-18(28)26(2)24-25-27)15(12)11-29-23-17(30-3)13-7-5-8-14(10-13)19(20,21)22/h4-10H,11H2,1-3H3/b23-17+. The number of aryl methyl sites for hydroxylation is 2. The van der Waals surface area contributed by atoms with Gasteiger partial charge in [0.1, 0.15) is 11.7 Å². The maximum absolute atomic E-state index is 13.0. The first kappa shape index (κ1) is 21.6. The van der Waals surface area contributed by atoms with Crippen LogP contribution in [0.25, 0.3) is 5.69 Å². The molecule has 0 fully saturated rings. The van der Waals surface area contributed by atoms with Gasteiger partial charge in [-0.15, -0.1) is 11.8 Å². The molecule has 1 aromatic heterocycles. The molecular weight excluding hydrogens is 419 g/mol. The summed E-state index contributed by atoms with van der Waals surface area (Å²) in [7, 11) is 1.49. The van der Waals surface area contributed by atoms with E-state index in [1.165, 1.54) is 19.2 Å². The topological polar surface area (TPSA) is 74.3 Å². The molecule has 3 rings (SSSR count). The Morgan fingerprint density at radius 3 is 2.57 bits per heavy atom. The average Bonchev–Trinajstić information content (AvgIpc) is 3.04. The normalized spacial score (nSPS) is 12.3. The number of hydrogen-bond acceptors (Lipinski definition) is 6. The van der Waals surface area contributed by atoms with Gasteiger partial charge in [0.2, 0.25) is 0 Å². The summed E-state index contributed by atoms with van der Waals surface area (Å²) in [6.07, 6.45) is -2.75. The molecule has 158 valence electrons. The number of halogens is 3. The molecule has 0 unspecified atom stereocenters. The highest BCUT2D eigenvalue weighted by molar-refractivity contribution is 8.13. The number of rotatable bonds is 5. The molecule has 0 bridgehead atoms. The molecular formula is C19H18F3N5O2S. The lowest BCUT2D eigenvalue weighted by Crippen LogP contribution is -2.23. The van der Waals surface area contributed by atoms with Gasteiger partial charge < -0.3 is 4.84 Å². The van der Waals surface area contributed by atoms with Crippen molar-refractivity contribution in [3.8, 4) is 5.69 Å². The van der Waals surface area contributed by atoms with Crippen LogP contribution in [0.1, 0.15) is 22.3 Å². The van der Waals surface area contributed by atoms with Crippen LogP contribution in [0, 0.1) is 6.92 Å². The van der Waals surface area contributed by atoms with Gasteiger partial charge in [0.15, 0.2) is 0 Å². The van der Waals surface area contributed by atoms with Crippen molar-refractivity contribution in [1.29, 1.82) is 0 Å². The second kappa shape index (κ2) is 8.74. The maximum Gasteiger partial charge on any atom is 0.416 e. The van der Waals surface area contributed by atoms with Crippen LogP contribution in [0.3, 0.4) is 0 Å². The first-order valence-electron chi connectivity index (χ1n) is 8.72. The zero-order valence-corrected chi connectivity index (χ0v) is 17.2. The summed E-state index contributed by atoms with van der Waals surface area (Å²) < 4.78 is 41.2. The van der Waals surface area contributed by atoms with Crippen LogP contribution < -0.4 is 5.69 Å². The second-order valence-corrected chi connectivity index (χ2v) is 7.12. The van der Waals surface area contributed by atoms with Crippen molar-refractivity contribution in [2.75, 3.05) is 6.26 Å². The lowest BCUT2D eigenvalue weighted by Gasteiger charge is -2.12. The highest BCUT2D eigenvalue weighted by Crippen LogP contribution is 2.30. The highest BCUT2D eigenvalue weighted by Gasteiger charge is 2.30. The van der Waals surface area contributed by atoms with Crippen LogP contribution in [0.15, 0.2) is 52.4 Å². The maximum atomic E-state index is 13.0. The molecule has 30 heavy (non-hydrogen) atoms. The molecule has 0 N–H and O–H groups in total. The fourth-order valence-electron chi connectivity index (χ4n) is 2.73. The van der Waals surface area contributed by atoms with E-state index in [0.29, 0.717) is 21.9 Å². The van der Waals surface area contributed by atoms with Crippen molar-refractivity contribution in [3.05, 3.63) is 75.2 Å². The predicted octanol–water partition coefficient (Wildman–Crippen LogP) is 3.53. The molecule has 0 radical (unpaired) electrons. The molecule has 7 nitrogen and oxygen atoms in total. The molecule has 0 saturated heterocycles.